The predicted molar refractivity (Wildman–Crippen MR) is 126 cm³/mol. The number of fused-ring (bicyclic) bond motifs is 1. The van der Waals surface area contributed by atoms with Gasteiger partial charge in [-0.2, -0.15) is 10.1 Å². The summed E-state index contributed by atoms with van der Waals surface area (Å²) in [6.45, 7) is 5.34. The van der Waals surface area contributed by atoms with E-state index < -0.39 is 17.8 Å². The highest BCUT2D eigenvalue weighted by atomic mass is 35.5. The van der Waals surface area contributed by atoms with Crippen molar-refractivity contribution in [2.45, 2.75) is 26.8 Å². The molecule has 2 aromatic carbocycles. The van der Waals surface area contributed by atoms with Crippen molar-refractivity contribution < 1.29 is 18.7 Å². The van der Waals surface area contributed by atoms with Gasteiger partial charge in [-0.05, 0) is 56.2 Å². The fraction of sp³-hybridized carbons (Fsp3) is 0.250. The monoisotopic (exact) mass is 483 g/mol. The molecule has 10 heteroatoms. The number of amides is 1. The van der Waals surface area contributed by atoms with Gasteiger partial charge in [0.1, 0.15) is 24.7 Å². The van der Waals surface area contributed by atoms with Gasteiger partial charge in [-0.25, -0.2) is 13.9 Å². The SMILES string of the molecule is CCOC(=O)C1=C(C)N(CC(=O)Nc2ccc(C)c(Cl)c2)c2ncnn2[C@@H]1c1ccc(F)cc1. The second kappa shape index (κ2) is 9.64. The number of aromatic nitrogens is 3. The number of halogens is 2. The first kappa shape index (κ1) is 23.4. The van der Waals surface area contributed by atoms with Gasteiger partial charge in [-0.1, -0.05) is 29.8 Å². The number of nitrogens with one attached hydrogen (secondary N) is 1. The van der Waals surface area contributed by atoms with E-state index in [9.17, 15) is 14.0 Å². The van der Waals surface area contributed by atoms with Gasteiger partial charge in [0, 0.05) is 16.4 Å². The topological polar surface area (TPSA) is 89.3 Å². The molecule has 1 aliphatic rings. The minimum atomic E-state index is -0.688. The van der Waals surface area contributed by atoms with Gasteiger partial charge in [0.15, 0.2) is 0 Å². The van der Waals surface area contributed by atoms with E-state index in [1.165, 1.54) is 23.1 Å². The van der Waals surface area contributed by atoms with Crippen molar-refractivity contribution in [1.82, 2.24) is 14.8 Å². The summed E-state index contributed by atoms with van der Waals surface area (Å²) in [6.07, 6.45) is 1.35. The Morgan fingerprint density at radius 3 is 2.59 bits per heavy atom. The number of hydrogen-bond acceptors (Lipinski definition) is 6. The summed E-state index contributed by atoms with van der Waals surface area (Å²) in [4.78, 5) is 31.9. The van der Waals surface area contributed by atoms with E-state index in [-0.39, 0.29) is 24.6 Å². The lowest BCUT2D eigenvalue weighted by Crippen LogP contribution is -2.40. The highest BCUT2D eigenvalue weighted by Gasteiger charge is 2.38. The van der Waals surface area contributed by atoms with E-state index in [1.807, 2.05) is 13.0 Å². The number of benzene rings is 2. The zero-order valence-electron chi connectivity index (χ0n) is 18.9. The summed E-state index contributed by atoms with van der Waals surface area (Å²) in [5.41, 5.74) is 2.86. The summed E-state index contributed by atoms with van der Waals surface area (Å²) >= 11 is 6.17. The standard InChI is InChI=1S/C24H23ClFN5O3/c1-4-34-23(33)21-15(3)30(12-20(32)29-18-10-5-14(2)19(25)11-18)24-27-13-28-31(24)22(21)16-6-8-17(26)9-7-16/h5-11,13,22H,4,12H2,1-3H3,(H,29,32)/t22-/m1/s1. The Morgan fingerprint density at radius 1 is 1.18 bits per heavy atom. The number of anilines is 2. The normalized spacial score (nSPS) is 15.2. The van der Waals surface area contributed by atoms with Gasteiger partial charge in [0.25, 0.3) is 0 Å². The molecule has 0 aliphatic carbocycles. The molecule has 3 aromatic rings. The molecule has 1 atom stereocenters. The van der Waals surface area contributed by atoms with E-state index in [1.54, 1.807) is 43.0 Å². The third-order valence-corrected chi connectivity index (χ3v) is 5.95. The van der Waals surface area contributed by atoms with Gasteiger partial charge < -0.3 is 15.0 Å². The molecular weight excluding hydrogens is 461 g/mol. The second-order valence-electron chi connectivity index (χ2n) is 7.78. The number of ether oxygens (including phenoxy) is 1. The zero-order chi connectivity index (χ0) is 24.4. The first-order chi connectivity index (χ1) is 16.3. The zero-order valence-corrected chi connectivity index (χ0v) is 19.6. The molecule has 0 bridgehead atoms. The maximum atomic E-state index is 13.6. The average Bonchev–Trinajstić information content (AvgIpc) is 3.28. The Balaban J connectivity index is 1.71. The third kappa shape index (κ3) is 4.51. The lowest BCUT2D eigenvalue weighted by Gasteiger charge is -2.35. The van der Waals surface area contributed by atoms with Crippen LogP contribution in [0.5, 0.6) is 0 Å². The van der Waals surface area contributed by atoms with Crippen molar-refractivity contribution in [2.75, 3.05) is 23.4 Å². The smallest absolute Gasteiger partial charge is 0.338 e. The summed E-state index contributed by atoms with van der Waals surface area (Å²) in [6, 6.07) is 10.4. The molecule has 1 N–H and O–H groups in total. The van der Waals surface area contributed by atoms with Crippen LogP contribution in [-0.2, 0) is 14.3 Å². The molecule has 0 saturated heterocycles. The van der Waals surface area contributed by atoms with Crippen molar-refractivity contribution in [2.24, 2.45) is 0 Å². The molecule has 0 spiro atoms. The van der Waals surface area contributed by atoms with Crippen molar-refractivity contribution >= 4 is 35.1 Å². The largest absolute Gasteiger partial charge is 0.463 e. The maximum absolute atomic E-state index is 13.6. The quantitative estimate of drug-likeness (QED) is 0.527. The van der Waals surface area contributed by atoms with Crippen LogP contribution in [0.4, 0.5) is 16.0 Å². The molecule has 0 fully saturated rings. The highest BCUT2D eigenvalue weighted by molar-refractivity contribution is 6.31. The van der Waals surface area contributed by atoms with Crippen LogP contribution in [0.2, 0.25) is 5.02 Å². The molecule has 0 radical (unpaired) electrons. The molecule has 2 heterocycles. The van der Waals surface area contributed by atoms with Crippen LogP contribution in [0.1, 0.15) is 31.0 Å². The fourth-order valence-electron chi connectivity index (χ4n) is 3.86. The summed E-state index contributed by atoms with van der Waals surface area (Å²) in [5, 5.41) is 7.66. The van der Waals surface area contributed by atoms with Gasteiger partial charge in [0.05, 0.1) is 12.2 Å². The van der Waals surface area contributed by atoms with Crippen LogP contribution in [0, 0.1) is 12.7 Å². The lowest BCUT2D eigenvalue weighted by atomic mass is 9.95. The Labute approximate surface area is 201 Å². The van der Waals surface area contributed by atoms with Crippen LogP contribution in [-0.4, -0.2) is 39.8 Å². The van der Waals surface area contributed by atoms with Crippen LogP contribution in [0.15, 0.2) is 60.1 Å². The Hall–Kier alpha value is -3.72. The van der Waals surface area contributed by atoms with Crippen molar-refractivity contribution in [3.63, 3.8) is 0 Å². The van der Waals surface area contributed by atoms with E-state index in [0.29, 0.717) is 27.9 Å². The molecule has 1 amide bonds. The number of aryl methyl sites for hydroxylation is 1. The van der Waals surface area contributed by atoms with Gasteiger partial charge in [-0.3, -0.25) is 4.79 Å². The maximum Gasteiger partial charge on any atom is 0.338 e. The first-order valence-electron chi connectivity index (χ1n) is 10.7. The number of carbonyl (C=O) groups excluding carboxylic acids is 2. The Morgan fingerprint density at radius 2 is 1.91 bits per heavy atom. The second-order valence-corrected chi connectivity index (χ2v) is 8.18. The van der Waals surface area contributed by atoms with Crippen molar-refractivity contribution in [1.29, 1.82) is 0 Å². The summed E-state index contributed by atoms with van der Waals surface area (Å²) in [5.74, 6) is -0.910. The molecular formula is C24H23ClFN5O3. The number of allylic oxidation sites excluding steroid dienone is 1. The molecule has 0 saturated carbocycles. The third-order valence-electron chi connectivity index (χ3n) is 5.55. The average molecular weight is 484 g/mol. The van der Waals surface area contributed by atoms with E-state index in [0.717, 1.165) is 5.56 Å². The number of nitrogens with zero attached hydrogens (tertiary/aromatic N) is 4. The number of esters is 1. The number of rotatable bonds is 6. The van der Waals surface area contributed by atoms with E-state index >= 15 is 0 Å². The van der Waals surface area contributed by atoms with Crippen LogP contribution in [0.3, 0.4) is 0 Å². The van der Waals surface area contributed by atoms with Gasteiger partial charge in [0.2, 0.25) is 11.9 Å². The van der Waals surface area contributed by atoms with Crippen molar-refractivity contribution in [3.8, 4) is 0 Å². The van der Waals surface area contributed by atoms with Crippen LogP contribution >= 0.6 is 11.6 Å². The van der Waals surface area contributed by atoms with Crippen molar-refractivity contribution in [3.05, 3.63) is 82.0 Å². The molecule has 4 rings (SSSR count). The predicted octanol–water partition coefficient (Wildman–Crippen LogP) is 4.26. The van der Waals surface area contributed by atoms with Gasteiger partial charge in [-0.15, -0.1) is 0 Å². The fourth-order valence-corrected chi connectivity index (χ4v) is 4.04. The molecule has 176 valence electrons. The minimum Gasteiger partial charge on any atom is -0.463 e. The molecule has 0 unspecified atom stereocenters. The summed E-state index contributed by atoms with van der Waals surface area (Å²) < 4.78 is 20.4. The molecule has 1 aliphatic heterocycles. The van der Waals surface area contributed by atoms with Gasteiger partial charge >= 0.3 is 5.97 Å². The molecule has 8 nitrogen and oxygen atoms in total. The first-order valence-corrected chi connectivity index (χ1v) is 11.0. The Kier molecular flexibility index (Phi) is 6.65. The minimum absolute atomic E-state index is 0.130. The molecule has 1 aromatic heterocycles. The van der Waals surface area contributed by atoms with Crippen LogP contribution < -0.4 is 10.2 Å². The Bertz CT molecular complexity index is 1270. The van der Waals surface area contributed by atoms with E-state index in [4.69, 9.17) is 16.3 Å². The van der Waals surface area contributed by atoms with Crippen LogP contribution in [0.25, 0.3) is 0 Å². The lowest BCUT2D eigenvalue weighted by molar-refractivity contribution is -0.139. The number of hydrogen-bond donors (Lipinski definition) is 1. The van der Waals surface area contributed by atoms with E-state index in [2.05, 4.69) is 15.4 Å². The summed E-state index contributed by atoms with van der Waals surface area (Å²) in [7, 11) is 0. The molecule has 34 heavy (non-hydrogen) atoms. The number of carbonyl (C=O) groups is 2. The highest BCUT2D eigenvalue weighted by Crippen LogP contribution is 2.38.